The van der Waals surface area contributed by atoms with E-state index < -0.39 is 9.84 Å². The molecule has 5 heteroatoms. The molecule has 2 N–H and O–H groups in total. The van der Waals surface area contributed by atoms with Gasteiger partial charge in [-0.15, -0.1) is 0 Å². The molecule has 1 rings (SSSR count). The third-order valence-electron chi connectivity index (χ3n) is 2.97. The van der Waals surface area contributed by atoms with Crippen LogP contribution in [0.3, 0.4) is 0 Å². The average molecular weight is 285 g/mol. The lowest BCUT2D eigenvalue weighted by Crippen LogP contribution is -2.26. The largest absolute Gasteiger partial charge is 0.497 e. The first-order chi connectivity index (χ1) is 8.96. The van der Waals surface area contributed by atoms with E-state index in [0.717, 1.165) is 11.3 Å². The van der Waals surface area contributed by atoms with E-state index in [1.807, 2.05) is 31.2 Å². The van der Waals surface area contributed by atoms with Gasteiger partial charge < -0.3 is 10.5 Å². The van der Waals surface area contributed by atoms with Crippen LogP contribution in [0.15, 0.2) is 24.3 Å². The second-order valence-electron chi connectivity index (χ2n) is 4.75. The van der Waals surface area contributed by atoms with E-state index in [4.69, 9.17) is 10.5 Å². The first kappa shape index (κ1) is 16.0. The van der Waals surface area contributed by atoms with Crippen LogP contribution in [0, 0.1) is 0 Å². The molecule has 0 bridgehead atoms. The van der Waals surface area contributed by atoms with Gasteiger partial charge in [0.15, 0.2) is 0 Å². The van der Waals surface area contributed by atoms with Crippen LogP contribution in [-0.4, -0.2) is 33.1 Å². The highest BCUT2D eigenvalue weighted by molar-refractivity contribution is 7.91. The van der Waals surface area contributed by atoms with Crippen LogP contribution < -0.4 is 10.5 Å². The molecule has 1 unspecified atom stereocenters. The van der Waals surface area contributed by atoms with Crippen molar-refractivity contribution in [1.29, 1.82) is 0 Å². The molecular weight excluding hydrogens is 262 g/mol. The lowest BCUT2D eigenvalue weighted by atomic mass is 10.0. The summed E-state index contributed by atoms with van der Waals surface area (Å²) in [6.07, 6.45) is 1.86. The molecule has 0 aliphatic heterocycles. The Labute approximate surface area is 115 Å². The van der Waals surface area contributed by atoms with Gasteiger partial charge in [0.1, 0.15) is 15.6 Å². The highest BCUT2D eigenvalue weighted by atomic mass is 32.2. The maximum absolute atomic E-state index is 11.6. The fourth-order valence-electron chi connectivity index (χ4n) is 1.91. The third-order valence-corrected chi connectivity index (χ3v) is 4.86. The molecule has 0 aliphatic rings. The maximum atomic E-state index is 11.6. The van der Waals surface area contributed by atoms with Gasteiger partial charge in [0.2, 0.25) is 0 Å². The predicted molar refractivity (Wildman–Crippen MR) is 78.2 cm³/mol. The Kier molecular flexibility index (Phi) is 6.31. The standard InChI is InChI=1S/C14H23NO3S/c1-3-9-19(16,17)10-8-13(15)11-12-4-6-14(18-2)7-5-12/h4-7,13H,3,8-11,15H2,1-2H3. The molecule has 1 aromatic rings. The van der Waals surface area contributed by atoms with Crippen LogP contribution in [-0.2, 0) is 16.3 Å². The Morgan fingerprint density at radius 3 is 2.37 bits per heavy atom. The van der Waals surface area contributed by atoms with E-state index >= 15 is 0 Å². The summed E-state index contributed by atoms with van der Waals surface area (Å²) in [4.78, 5) is 0. The highest BCUT2D eigenvalue weighted by Gasteiger charge is 2.12. The van der Waals surface area contributed by atoms with Crippen molar-refractivity contribution in [2.24, 2.45) is 5.73 Å². The van der Waals surface area contributed by atoms with Crippen LogP contribution in [0.5, 0.6) is 5.75 Å². The van der Waals surface area contributed by atoms with Gasteiger partial charge in [0.25, 0.3) is 0 Å². The van der Waals surface area contributed by atoms with Crippen LogP contribution in [0.2, 0.25) is 0 Å². The fourth-order valence-corrected chi connectivity index (χ4v) is 3.40. The summed E-state index contributed by atoms with van der Waals surface area (Å²) in [5.74, 6) is 1.24. The summed E-state index contributed by atoms with van der Waals surface area (Å²) < 4.78 is 28.3. The quantitative estimate of drug-likeness (QED) is 0.790. The molecule has 0 spiro atoms. The highest BCUT2D eigenvalue weighted by Crippen LogP contribution is 2.13. The van der Waals surface area contributed by atoms with Crippen LogP contribution in [0.1, 0.15) is 25.3 Å². The number of hydrogen-bond acceptors (Lipinski definition) is 4. The van der Waals surface area contributed by atoms with E-state index in [2.05, 4.69) is 0 Å². The molecule has 0 saturated heterocycles. The van der Waals surface area contributed by atoms with Crippen LogP contribution in [0.25, 0.3) is 0 Å². The van der Waals surface area contributed by atoms with Crippen molar-refractivity contribution in [2.75, 3.05) is 18.6 Å². The Morgan fingerprint density at radius 2 is 1.84 bits per heavy atom. The maximum Gasteiger partial charge on any atom is 0.150 e. The summed E-state index contributed by atoms with van der Waals surface area (Å²) in [5.41, 5.74) is 7.08. The molecular formula is C14H23NO3S. The van der Waals surface area contributed by atoms with Gasteiger partial charge in [-0.3, -0.25) is 0 Å². The Balaban J connectivity index is 2.44. The zero-order chi connectivity index (χ0) is 14.3. The van der Waals surface area contributed by atoms with E-state index in [1.54, 1.807) is 7.11 Å². The summed E-state index contributed by atoms with van der Waals surface area (Å²) in [6.45, 7) is 1.87. The zero-order valence-corrected chi connectivity index (χ0v) is 12.4. The Morgan fingerprint density at radius 1 is 1.21 bits per heavy atom. The predicted octanol–water partition coefficient (Wildman–Crippen LogP) is 1.78. The van der Waals surface area contributed by atoms with E-state index in [1.165, 1.54) is 0 Å². The van der Waals surface area contributed by atoms with Gasteiger partial charge in [-0.2, -0.15) is 0 Å². The number of methoxy groups -OCH3 is 1. The molecule has 0 radical (unpaired) electrons. The van der Waals surface area contributed by atoms with E-state index in [0.29, 0.717) is 19.3 Å². The molecule has 0 saturated carbocycles. The number of benzene rings is 1. The van der Waals surface area contributed by atoms with Gasteiger partial charge in [-0.05, 0) is 37.0 Å². The summed E-state index contributed by atoms with van der Waals surface area (Å²) >= 11 is 0. The van der Waals surface area contributed by atoms with Crippen molar-refractivity contribution in [1.82, 2.24) is 0 Å². The molecule has 0 fully saturated rings. The van der Waals surface area contributed by atoms with Crippen molar-refractivity contribution in [2.45, 2.75) is 32.2 Å². The molecule has 4 nitrogen and oxygen atoms in total. The van der Waals surface area contributed by atoms with Crippen molar-refractivity contribution in [3.05, 3.63) is 29.8 Å². The lowest BCUT2D eigenvalue weighted by molar-refractivity contribution is 0.414. The molecule has 0 amide bonds. The zero-order valence-electron chi connectivity index (χ0n) is 11.6. The second-order valence-corrected chi connectivity index (χ2v) is 7.06. The van der Waals surface area contributed by atoms with Gasteiger partial charge in [0, 0.05) is 11.8 Å². The molecule has 0 aromatic heterocycles. The van der Waals surface area contributed by atoms with Crippen molar-refractivity contribution in [3.63, 3.8) is 0 Å². The van der Waals surface area contributed by atoms with E-state index in [-0.39, 0.29) is 17.5 Å². The Hall–Kier alpha value is -1.07. The smallest absolute Gasteiger partial charge is 0.150 e. The second kappa shape index (κ2) is 7.50. The monoisotopic (exact) mass is 285 g/mol. The summed E-state index contributed by atoms with van der Waals surface area (Å²) in [5, 5.41) is 0. The van der Waals surface area contributed by atoms with Gasteiger partial charge >= 0.3 is 0 Å². The van der Waals surface area contributed by atoms with Gasteiger partial charge in [-0.1, -0.05) is 19.1 Å². The lowest BCUT2D eigenvalue weighted by Gasteiger charge is -2.12. The molecule has 1 aromatic carbocycles. The minimum absolute atomic E-state index is 0.125. The fraction of sp³-hybridized carbons (Fsp3) is 0.571. The molecule has 0 aliphatic carbocycles. The van der Waals surface area contributed by atoms with Crippen molar-refractivity contribution >= 4 is 9.84 Å². The molecule has 1 atom stereocenters. The van der Waals surface area contributed by atoms with Crippen molar-refractivity contribution in [3.8, 4) is 5.75 Å². The minimum atomic E-state index is -2.93. The third kappa shape index (κ3) is 6.07. The average Bonchev–Trinajstić information content (AvgIpc) is 2.37. The van der Waals surface area contributed by atoms with Crippen LogP contribution in [0.4, 0.5) is 0 Å². The normalized spacial score (nSPS) is 13.2. The number of nitrogens with two attached hydrogens (primary N) is 1. The number of sulfone groups is 1. The first-order valence-corrected chi connectivity index (χ1v) is 8.38. The summed E-state index contributed by atoms with van der Waals surface area (Å²) in [6, 6.07) is 7.56. The molecule has 19 heavy (non-hydrogen) atoms. The number of rotatable bonds is 8. The topological polar surface area (TPSA) is 69.4 Å². The van der Waals surface area contributed by atoms with Gasteiger partial charge in [-0.25, -0.2) is 8.42 Å². The SMILES string of the molecule is CCCS(=O)(=O)CCC(N)Cc1ccc(OC)cc1. The number of hydrogen-bond donors (Lipinski definition) is 1. The van der Waals surface area contributed by atoms with E-state index in [9.17, 15) is 8.42 Å². The van der Waals surface area contributed by atoms with Gasteiger partial charge in [0.05, 0.1) is 12.9 Å². The first-order valence-electron chi connectivity index (χ1n) is 6.55. The van der Waals surface area contributed by atoms with Crippen molar-refractivity contribution < 1.29 is 13.2 Å². The Bertz CT molecular complexity index is 468. The number of ether oxygens (including phenoxy) is 1. The van der Waals surface area contributed by atoms with Crippen LogP contribution >= 0.6 is 0 Å². The molecule has 108 valence electrons. The summed E-state index contributed by atoms with van der Waals surface area (Å²) in [7, 11) is -1.31. The molecule has 0 heterocycles. The minimum Gasteiger partial charge on any atom is -0.497 e.